The van der Waals surface area contributed by atoms with Crippen LogP contribution in [0.1, 0.15) is 39.7 Å². The number of aromatic nitrogens is 1. The van der Waals surface area contributed by atoms with Gasteiger partial charge in [0, 0.05) is 12.7 Å². The van der Waals surface area contributed by atoms with E-state index in [0.717, 1.165) is 25.1 Å². The third-order valence-corrected chi connectivity index (χ3v) is 2.95. The van der Waals surface area contributed by atoms with Crippen molar-refractivity contribution in [1.29, 1.82) is 0 Å². The maximum absolute atomic E-state index is 6.17. The van der Waals surface area contributed by atoms with E-state index in [1.807, 2.05) is 12.3 Å². The van der Waals surface area contributed by atoms with Crippen LogP contribution in [0.25, 0.3) is 0 Å². The Kier molecular flexibility index (Phi) is 7.17. The molecule has 0 aliphatic carbocycles. The Balaban J connectivity index is 2.45. The number of nitrogens with zero attached hydrogens (tertiary/aromatic N) is 1. The SMILES string of the molecule is CC(C)CCOc1ncc(CNCC(C)C)cc1Cl. The molecule has 19 heavy (non-hydrogen) atoms. The van der Waals surface area contributed by atoms with E-state index in [1.54, 1.807) is 0 Å². The predicted octanol–water partition coefficient (Wildman–Crippen LogP) is 3.91. The van der Waals surface area contributed by atoms with Gasteiger partial charge in [-0.3, -0.25) is 0 Å². The fourth-order valence-electron chi connectivity index (χ4n) is 1.56. The normalized spacial score (nSPS) is 11.3. The van der Waals surface area contributed by atoms with Crippen LogP contribution in [-0.4, -0.2) is 18.1 Å². The number of hydrogen-bond acceptors (Lipinski definition) is 3. The number of halogens is 1. The first-order valence-corrected chi connectivity index (χ1v) is 7.34. The van der Waals surface area contributed by atoms with Crippen molar-refractivity contribution in [2.75, 3.05) is 13.2 Å². The topological polar surface area (TPSA) is 34.1 Å². The molecule has 0 spiro atoms. The van der Waals surface area contributed by atoms with Crippen LogP contribution >= 0.6 is 11.6 Å². The first-order valence-electron chi connectivity index (χ1n) is 6.97. The maximum Gasteiger partial charge on any atom is 0.232 e. The van der Waals surface area contributed by atoms with Gasteiger partial charge in [0.05, 0.1) is 6.61 Å². The fraction of sp³-hybridized carbons (Fsp3) is 0.667. The van der Waals surface area contributed by atoms with Crippen molar-refractivity contribution in [2.45, 2.75) is 40.7 Å². The molecule has 1 aromatic rings. The van der Waals surface area contributed by atoms with Crippen molar-refractivity contribution in [2.24, 2.45) is 11.8 Å². The molecule has 0 bridgehead atoms. The molecule has 1 N–H and O–H groups in total. The molecule has 0 radical (unpaired) electrons. The molecule has 1 aromatic heterocycles. The number of rotatable bonds is 8. The van der Waals surface area contributed by atoms with E-state index in [9.17, 15) is 0 Å². The van der Waals surface area contributed by atoms with Gasteiger partial charge in [-0.05, 0) is 36.4 Å². The van der Waals surface area contributed by atoms with Crippen LogP contribution in [0, 0.1) is 11.8 Å². The van der Waals surface area contributed by atoms with Crippen molar-refractivity contribution in [3.63, 3.8) is 0 Å². The Labute approximate surface area is 121 Å². The van der Waals surface area contributed by atoms with Crippen LogP contribution in [0.4, 0.5) is 0 Å². The number of hydrogen-bond donors (Lipinski definition) is 1. The number of ether oxygens (including phenoxy) is 1. The summed E-state index contributed by atoms with van der Waals surface area (Å²) in [5.74, 6) is 1.80. The van der Waals surface area contributed by atoms with E-state index in [-0.39, 0.29) is 0 Å². The largest absolute Gasteiger partial charge is 0.477 e. The quantitative estimate of drug-likeness (QED) is 0.786. The first-order chi connectivity index (χ1) is 8.99. The van der Waals surface area contributed by atoms with Crippen molar-refractivity contribution in [1.82, 2.24) is 10.3 Å². The van der Waals surface area contributed by atoms with Gasteiger partial charge in [-0.15, -0.1) is 0 Å². The smallest absolute Gasteiger partial charge is 0.232 e. The van der Waals surface area contributed by atoms with Crippen LogP contribution in [-0.2, 0) is 6.54 Å². The lowest BCUT2D eigenvalue weighted by atomic mass is 10.1. The summed E-state index contributed by atoms with van der Waals surface area (Å²) in [5.41, 5.74) is 1.09. The molecule has 0 atom stereocenters. The van der Waals surface area contributed by atoms with Crippen LogP contribution in [0.3, 0.4) is 0 Å². The fourth-order valence-corrected chi connectivity index (χ4v) is 1.81. The summed E-state index contributed by atoms with van der Waals surface area (Å²) in [4.78, 5) is 4.28. The Morgan fingerprint density at radius 2 is 2.00 bits per heavy atom. The standard InChI is InChI=1S/C15H25ClN2O/c1-11(2)5-6-19-15-14(16)7-13(10-18-15)9-17-8-12(3)4/h7,10-12,17H,5-6,8-9H2,1-4H3. The van der Waals surface area contributed by atoms with E-state index in [0.29, 0.717) is 29.3 Å². The van der Waals surface area contributed by atoms with Gasteiger partial charge in [0.2, 0.25) is 5.88 Å². The third-order valence-electron chi connectivity index (χ3n) is 2.68. The van der Waals surface area contributed by atoms with Gasteiger partial charge in [-0.1, -0.05) is 39.3 Å². The van der Waals surface area contributed by atoms with E-state index < -0.39 is 0 Å². The highest BCUT2D eigenvalue weighted by atomic mass is 35.5. The van der Waals surface area contributed by atoms with Gasteiger partial charge in [-0.25, -0.2) is 4.98 Å². The minimum Gasteiger partial charge on any atom is -0.477 e. The first kappa shape index (κ1) is 16.3. The molecular formula is C15H25ClN2O. The molecule has 3 nitrogen and oxygen atoms in total. The molecule has 0 aliphatic rings. The van der Waals surface area contributed by atoms with Crippen LogP contribution < -0.4 is 10.1 Å². The monoisotopic (exact) mass is 284 g/mol. The minimum atomic E-state index is 0.537. The summed E-state index contributed by atoms with van der Waals surface area (Å²) >= 11 is 6.17. The molecule has 108 valence electrons. The Hall–Kier alpha value is -0.800. The summed E-state index contributed by atoms with van der Waals surface area (Å²) in [5, 5.41) is 3.96. The summed E-state index contributed by atoms with van der Waals surface area (Å²) in [6.45, 7) is 11.1. The van der Waals surface area contributed by atoms with E-state index >= 15 is 0 Å². The molecule has 0 unspecified atom stereocenters. The molecule has 0 saturated heterocycles. The molecule has 0 amide bonds. The Morgan fingerprint density at radius 3 is 2.58 bits per heavy atom. The number of pyridine rings is 1. The molecule has 1 rings (SSSR count). The van der Waals surface area contributed by atoms with Gasteiger partial charge in [-0.2, -0.15) is 0 Å². The summed E-state index contributed by atoms with van der Waals surface area (Å²) < 4.78 is 5.58. The zero-order valence-corrected chi connectivity index (χ0v) is 13.1. The average Bonchev–Trinajstić information content (AvgIpc) is 2.31. The van der Waals surface area contributed by atoms with Crippen LogP contribution in [0.2, 0.25) is 5.02 Å². The van der Waals surface area contributed by atoms with Crippen molar-refractivity contribution < 1.29 is 4.74 Å². The predicted molar refractivity (Wildman–Crippen MR) is 80.7 cm³/mol. The summed E-state index contributed by atoms with van der Waals surface area (Å²) in [6, 6.07) is 1.92. The maximum atomic E-state index is 6.17. The highest BCUT2D eigenvalue weighted by Crippen LogP contribution is 2.22. The Morgan fingerprint density at radius 1 is 1.26 bits per heavy atom. The number of nitrogens with one attached hydrogen (secondary N) is 1. The second-order valence-electron chi connectivity index (χ2n) is 5.69. The van der Waals surface area contributed by atoms with Gasteiger partial charge < -0.3 is 10.1 Å². The van der Waals surface area contributed by atoms with E-state index in [4.69, 9.17) is 16.3 Å². The van der Waals surface area contributed by atoms with Crippen molar-refractivity contribution in [3.05, 3.63) is 22.8 Å². The molecule has 1 heterocycles. The Bertz CT molecular complexity index is 380. The van der Waals surface area contributed by atoms with E-state index in [2.05, 4.69) is 38.0 Å². The van der Waals surface area contributed by atoms with Crippen molar-refractivity contribution in [3.8, 4) is 5.88 Å². The zero-order chi connectivity index (χ0) is 14.3. The van der Waals surface area contributed by atoms with Gasteiger partial charge in [0.1, 0.15) is 5.02 Å². The highest BCUT2D eigenvalue weighted by molar-refractivity contribution is 6.31. The van der Waals surface area contributed by atoms with Gasteiger partial charge >= 0.3 is 0 Å². The zero-order valence-electron chi connectivity index (χ0n) is 12.4. The van der Waals surface area contributed by atoms with Gasteiger partial charge in [0.15, 0.2) is 0 Å². The summed E-state index contributed by atoms with van der Waals surface area (Å²) in [6.07, 6.45) is 2.83. The summed E-state index contributed by atoms with van der Waals surface area (Å²) in [7, 11) is 0. The molecule has 0 fully saturated rings. The van der Waals surface area contributed by atoms with Crippen LogP contribution in [0.15, 0.2) is 12.3 Å². The second kappa shape index (κ2) is 8.39. The molecule has 4 heteroatoms. The molecule has 0 aromatic carbocycles. The lowest BCUT2D eigenvalue weighted by molar-refractivity contribution is 0.279. The minimum absolute atomic E-state index is 0.537. The highest BCUT2D eigenvalue weighted by Gasteiger charge is 2.05. The van der Waals surface area contributed by atoms with Crippen LogP contribution in [0.5, 0.6) is 5.88 Å². The molecule has 0 aliphatic heterocycles. The molecule has 0 saturated carbocycles. The lowest BCUT2D eigenvalue weighted by Gasteiger charge is -2.11. The average molecular weight is 285 g/mol. The van der Waals surface area contributed by atoms with Gasteiger partial charge in [0.25, 0.3) is 0 Å². The lowest BCUT2D eigenvalue weighted by Crippen LogP contribution is -2.19. The second-order valence-corrected chi connectivity index (χ2v) is 6.09. The van der Waals surface area contributed by atoms with E-state index in [1.165, 1.54) is 0 Å². The molecular weight excluding hydrogens is 260 g/mol. The third kappa shape index (κ3) is 6.79. The van der Waals surface area contributed by atoms with Crippen molar-refractivity contribution >= 4 is 11.6 Å².